The lowest BCUT2D eigenvalue weighted by Gasteiger charge is -2.20. The van der Waals surface area contributed by atoms with Crippen molar-refractivity contribution < 1.29 is 9.59 Å². The van der Waals surface area contributed by atoms with Gasteiger partial charge < -0.3 is 10.6 Å². The van der Waals surface area contributed by atoms with Crippen molar-refractivity contribution in [3.05, 3.63) is 16.1 Å². The molecular formula is C15H21N3O2S. The van der Waals surface area contributed by atoms with Gasteiger partial charge in [-0.15, -0.1) is 11.3 Å². The highest BCUT2D eigenvalue weighted by atomic mass is 32.1. The zero-order chi connectivity index (χ0) is 14.7. The molecule has 2 aliphatic carbocycles. The number of carbonyl (C=O) groups is 2. The van der Waals surface area contributed by atoms with Gasteiger partial charge in [0, 0.05) is 17.3 Å². The molecule has 2 fully saturated rings. The maximum absolute atomic E-state index is 12.1. The molecule has 0 unspecified atom stereocenters. The summed E-state index contributed by atoms with van der Waals surface area (Å²) in [6.45, 7) is 0.427. The predicted molar refractivity (Wildman–Crippen MR) is 81.0 cm³/mol. The zero-order valence-corrected chi connectivity index (χ0v) is 12.9. The Morgan fingerprint density at radius 3 is 2.67 bits per heavy atom. The van der Waals surface area contributed by atoms with Gasteiger partial charge in [-0.1, -0.05) is 19.3 Å². The number of nitrogens with one attached hydrogen (secondary N) is 2. The van der Waals surface area contributed by atoms with Gasteiger partial charge in [0.2, 0.25) is 5.91 Å². The average Bonchev–Trinajstić information content (AvgIpc) is 3.19. The Bertz CT molecular complexity index is 519. The van der Waals surface area contributed by atoms with Gasteiger partial charge in [-0.05, 0) is 25.7 Å². The van der Waals surface area contributed by atoms with Crippen LogP contribution in [0, 0.1) is 5.92 Å². The molecule has 1 heterocycles. The first-order valence-electron chi connectivity index (χ1n) is 7.75. The molecule has 2 saturated carbocycles. The lowest BCUT2D eigenvalue weighted by Crippen LogP contribution is -2.31. The van der Waals surface area contributed by atoms with E-state index in [-0.39, 0.29) is 17.7 Å². The smallest absolute Gasteiger partial charge is 0.270 e. The molecule has 0 spiro atoms. The fraction of sp³-hybridized carbons (Fsp3) is 0.667. The first-order chi connectivity index (χ1) is 10.2. The lowest BCUT2D eigenvalue weighted by molar-refractivity contribution is -0.126. The number of aromatic nitrogens is 1. The molecule has 2 amide bonds. The molecule has 1 aromatic heterocycles. The number of carbonyl (C=O) groups excluding carboxylic acids is 2. The average molecular weight is 307 g/mol. The SMILES string of the molecule is O=C(NC1CC1)c1csc(CNC(=O)C2CCCCC2)n1. The van der Waals surface area contributed by atoms with Crippen LogP contribution in [0.15, 0.2) is 5.38 Å². The minimum absolute atomic E-state index is 0.0985. The fourth-order valence-electron chi connectivity index (χ4n) is 2.66. The number of thiazole rings is 1. The van der Waals surface area contributed by atoms with E-state index in [2.05, 4.69) is 15.6 Å². The van der Waals surface area contributed by atoms with Crippen molar-refractivity contribution in [2.75, 3.05) is 0 Å². The zero-order valence-electron chi connectivity index (χ0n) is 12.1. The largest absolute Gasteiger partial charge is 0.349 e. The molecule has 1 aromatic rings. The summed E-state index contributed by atoms with van der Waals surface area (Å²) < 4.78 is 0. The number of nitrogens with zero attached hydrogens (tertiary/aromatic N) is 1. The molecule has 21 heavy (non-hydrogen) atoms. The summed E-state index contributed by atoms with van der Waals surface area (Å²) in [5.74, 6) is 0.198. The van der Waals surface area contributed by atoms with Gasteiger partial charge in [0.1, 0.15) is 10.7 Å². The van der Waals surface area contributed by atoms with Crippen LogP contribution in [-0.2, 0) is 11.3 Å². The Hall–Kier alpha value is -1.43. The van der Waals surface area contributed by atoms with E-state index in [1.54, 1.807) is 5.38 Å². The van der Waals surface area contributed by atoms with Crippen LogP contribution < -0.4 is 10.6 Å². The first kappa shape index (κ1) is 14.5. The van der Waals surface area contributed by atoms with Crippen LogP contribution >= 0.6 is 11.3 Å². The van der Waals surface area contributed by atoms with Crippen molar-refractivity contribution in [3.63, 3.8) is 0 Å². The van der Waals surface area contributed by atoms with Gasteiger partial charge in [-0.3, -0.25) is 9.59 Å². The summed E-state index contributed by atoms with van der Waals surface area (Å²) in [6.07, 6.45) is 7.69. The third kappa shape index (κ3) is 4.03. The van der Waals surface area contributed by atoms with Gasteiger partial charge in [-0.25, -0.2) is 4.98 Å². The van der Waals surface area contributed by atoms with Crippen molar-refractivity contribution in [1.82, 2.24) is 15.6 Å². The molecule has 0 atom stereocenters. The van der Waals surface area contributed by atoms with E-state index < -0.39 is 0 Å². The van der Waals surface area contributed by atoms with E-state index in [4.69, 9.17) is 0 Å². The number of hydrogen-bond donors (Lipinski definition) is 2. The van der Waals surface area contributed by atoms with Gasteiger partial charge in [0.05, 0.1) is 6.54 Å². The van der Waals surface area contributed by atoms with Gasteiger partial charge >= 0.3 is 0 Å². The molecule has 0 bridgehead atoms. The molecule has 0 saturated heterocycles. The van der Waals surface area contributed by atoms with Crippen LogP contribution in [0.3, 0.4) is 0 Å². The molecule has 3 rings (SSSR count). The second-order valence-corrected chi connectivity index (χ2v) is 6.87. The summed E-state index contributed by atoms with van der Waals surface area (Å²) in [4.78, 5) is 28.2. The molecule has 114 valence electrons. The predicted octanol–water partition coefficient (Wildman–Crippen LogP) is 2.23. The maximum atomic E-state index is 12.1. The highest BCUT2D eigenvalue weighted by molar-refractivity contribution is 7.09. The summed E-state index contributed by atoms with van der Waals surface area (Å²) in [5.41, 5.74) is 0.466. The molecular weight excluding hydrogens is 286 g/mol. The van der Waals surface area contributed by atoms with Crippen LogP contribution in [0.5, 0.6) is 0 Å². The minimum atomic E-state index is -0.0985. The van der Waals surface area contributed by atoms with E-state index in [1.165, 1.54) is 17.8 Å². The summed E-state index contributed by atoms with van der Waals surface area (Å²) in [5, 5.41) is 8.42. The van der Waals surface area contributed by atoms with Gasteiger partial charge in [-0.2, -0.15) is 0 Å². The normalized spacial score (nSPS) is 19.2. The van der Waals surface area contributed by atoms with Crippen LogP contribution in [0.2, 0.25) is 0 Å². The summed E-state index contributed by atoms with van der Waals surface area (Å²) in [7, 11) is 0. The third-order valence-corrected chi connectivity index (χ3v) is 4.94. The van der Waals surface area contributed by atoms with Crippen molar-refractivity contribution in [2.45, 2.75) is 57.5 Å². The van der Waals surface area contributed by atoms with Gasteiger partial charge in [0.15, 0.2) is 0 Å². The molecule has 6 heteroatoms. The lowest BCUT2D eigenvalue weighted by atomic mass is 9.89. The summed E-state index contributed by atoms with van der Waals surface area (Å²) >= 11 is 1.43. The van der Waals surface area contributed by atoms with Crippen molar-refractivity contribution in [3.8, 4) is 0 Å². The van der Waals surface area contributed by atoms with Crippen molar-refractivity contribution >= 4 is 23.2 Å². The first-order valence-corrected chi connectivity index (χ1v) is 8.63. The van der Waals surface area contributed by atoms with E-state index in [9.17, 15) is 9.59 Å². The molecule has 0 aromatic carbocycles. The fourth-order valence-corrected chi connectivity index (χ4v) is 3.37. The Balaban J connectivity index is 1.47. The van der Waals surface area contributed by atoms with Crippen molar-refractivity contribution in [1.29, 1.82) is 0 Å². The number of rotatable bonds is 5. The minimum Gasteiger partial charge on any atom is -0.349 e. The standard InChI is InChI=1S/C15H21N3O2S/c19-14(10-4-2-1-3-5-10)16-8-13-18-12(9-21-13)15(20)17-11-6-7-11/h9-11H,1-8H2,(H,16,19)(H,17,20). The highest BCUT2D eigenvalue weighted by Gasteiger charge is 2.25. The van der Waals surface area contributed by atoms with Crippen molar-refractivity contribution in [2.24, 2.45) is 5.92 Å². The Labute approximate surface area is 128 Å². The van der Waals surface area contributed by atoms with E-state index >= 15 is 0 Å². The quantitative estimate of drug-likeness (QED) is 0.876. The van der Waals surface area contributed by atoms with Crippen LogP contribution in [0.4, 0.5) is 0 Å². The summed E-state index contributed by atoms with van der Waals surface area (Å²) in [6, 6.07) is 0.341. The maximum Gasteiger partial charge on any atom is 0.270 e. The molecule has 5 nitrogen and oxygen atoms in total. The van der Waals surface area contributed by atoms with Crippen LogP contribution in [-0.4, -0.2) is 22.8 Å². The second-order valence-electron chi connectivity index (χ2n) is 5.93. The second kappa shape index (κ2) is 6.56. The molecule has 0 aliphatic heterocycles. The van der Waals surface area contributed by atoms with Crippen LogP contribution in [0.25, 0.3) is 0 Å². The Morgan fingerprint density at radius 2 is 1.95 bits per heavy atom. The van der Waals surface area contributed by atoms with Gasteiger partial charge in [0.25, 0.3) is 5.91 Å². The van der Waals surface area contributed by atoms with E-state index in [1.807, 2.05) is 0 Å². The monoisotopic (exact) mass is 307 g/mol. The molecule has 0 radical (unpaired) electrons. The molecule has 2 aliphatic rings. The Morgan fingerprint density at radius 1 is 1.19 bits per heavy atom. The topological polar surface area (TPSA) is 71.1 Å². The number of amides is 2. The third-order valence-electron chi connectivity index (χ3n) is 4.09. The Kier molecular flexibility index (Phi) is 4.53. The highest BCUT2D eigenvalue weighted by Crippen LogP contribution is 2.24. The van der Waals surface area contributed by atoms with E-state index in [0.29, 0.717) is 18.3 Å². The molecule has 2 N–H and O–H groups in total. The van der Waals surface area contributed by atoms with Crippen LogP contribution in [0.1, 0.15) is 60.4 Å². The van der Waals surface area contributed by atoms with E-state index in [0.717, 1.165) is 43.5 Å². The number of hydrogen-bond acceptors (Lipinski definition) is 4.